The Bertz CT molecular complexity index is 770. The number of carbonyl (C=O) groups excluding carboxylic acids is 2. The van der Waals surface area contributed by atoms with Crippen LogP contribution in [0.4, 0.5) is 11.4 Å². The van der Waals surface area contributed by atoms with Gasteiger partial charge < -0.3 is 20.1 Å². The van der Waals surface area contributed by atoms with E-state index in [1.54, 1.807) is 68.6 Å². The molecule has 0 saturated carbocycles. The molecule has 0 bridgehead atoms. The van der Waals surface area contributed by atoms with Gasteiger partial charge in [0, 0.05) is 16.9 Å². The van der Waals surface area contributed by atoms with E-state index in [2.05, 4.69) is 17.2 Å². The van der Waals surface area contributed by atoms with E-state index < -0.39 is 6.10 Å². The lowest BCUT2D eigenvalue weighted by Gasteiger charge is -2.13. The molecular formula is C21H24N2O4. The Labute approximate surface area is 159 Å². The van der Waals surface area contributed by atoms with Gasteiger partial charge in [-0.2, -0.15) is 0 Å². The second-order valence-corrected chi connectivity index (χ2v) is 5.84. The van der Waals surface area contributed by atoms with Crippen molar-refractivity contribution in [3.05, 3.63) is 66.7 Å². The van der Waals surface area contributed by atoms with E-state index in [4.69, 9.17) is 9.47 Å². The first-order valence-electron chi connectivity index (χ1n) is 8.62. The summed E-state index contributed by atoms with van der Waals surface area (Å²) in [5.41, 5.74) is 1.75. The van der Waals surface area contributed by atoms with Crippen molar-refractivity contribution in [2.45, 2.75) is 19.4 Å². The molecule has 6 heteroatoms. The molecule has 0 aliphatic heterocycles. The van der Waals surface area contributed by atoms with Crippen molar-refractivity contribution in [1.82, 2.24) is 0 Å². The Kier molecular flexibility index (Phi) is 7.58. The smallest absolute Gasteiger partial charge is 0.255 e. The minimum Gasteiger partial charge on any atom is -0.497 e. The molecule has 0 aliphatic rings. The second-order valence-electron chi connectivity index (χ2n) is 5.84. The zero-order valence-corrected chi connectivity index (χ0v) is 15.5. The third kappa shape index (κ3) is 6.27. The second kappa shape index (κ2) is 10.1. The van der Waals surface area contributed by atoms with Crippen molar-refractivity contribution in [3.63, 3.8) is 0 Å². The summed E-state index contributed by atoms with van der Waals surface area (Å²) in [6.07, 6.45) is 1.86. The summed E-state index contributed by atoms with van der Waals surface area (Å²) in [5.74, 6) is 0.240. The number of benzene rings is 2. The maximum atomic E-state index is 12.3. The van der Waals surface area contributed by atoms with Crippen LogP contribution in [0.25, 0.3) is 0 Å². The van der Waals surface area contributed by atoms with Crippen molar-refractivity contribution in [1.29, 1.82) is 0 Å². The van der Waals surface area contributed by atoms with Gasteiger partial charge >= 0.3 is 0 Å². The number of anilines is 2. The van der Waals surface area contributed by atoms with E-state index in [0.717, 1.165) is 5.75 Å². The normalized spacial score (nSPS) is 11.3. The Morgan fingerprint density at radius 2 is 1.63 bits per heavy atom. The summed E-state index contributed by atoms with van der Waals surface area (Å²) >= 11 is 0. The highest BCUT2D eigenvalue weighted by atomic mass is 16.5. The molecule has 27 heavy (non-hydrogen) atoms. The van der Waals surface area contributed by atoms with Gasteiger partial charge in [-0.25, -0.2) is 0 Å². The van der Waals surface area contributed by atoms with Crippen LogP contribution >= 0.6 is 0 Å². The highest BCUT2D eigenvalue weighted by molar-refractivity contribution is 6.04. The third-order valence-corrected chi connectivity index (χ3v) is 3.82. The predicted molar refractivity (Wildman–Crippen MR) is 106 cm³/mol. The van der Waals surface area contributed by atoms with Gasteiger partial charge in [0.2, 0.25) is 0 Å². The van der Waals surface area contributed by atoms with Crippen molar-refractivity contribution in [2.24, 2.45) is 0 Å². The van der Waals surface area contributed by atoms with E-state index in [1.807, 2.05) is 0 Å². The van der Waals surface area contributed by atoms with Gasteiger partial charge in [0.25, 0.3) is 11.8 Å². The summed E-state index contributed by atoms with van der Waals surface area (Å²) in [4.78, 5) is 24.4. The quantitative estimate of drug-likeness (QED) is 0.520. The van der Waals surface area contributed by atoms with E-state index in [-0.39, 0.29) is 11.8 Å². The van der Waals surface area contributed by atoms with Gasteiger partial charge in [-0.05, 0) is 61.9 Å². The standard InChI is InChI=1S/C21H24N2O4/c1-4-5-14-27-15(2)20(24)22-17-8-6-16(7-9-17)21(25)23-18-10-12-19(26-3)13-11-18/h4,6-13,15H,1,5,14H2,2-3H3,(H,22,24)(H,23,25). The van der Waals surface area contributed by atoms with Gasteiger partial charge in [-0.15, -0.1) is 6.58 Å². The van der Waals surface area contributed by atoms with Crippen molar-refractivity contribution in [2.75, 3.05) is 24.4 Å². The van der Waals surface area contributed by atoms with Crippen LogP contribution < -0.4 is 15.4 Å². The molecule has 0 heterocycles. The first-order valence-corrected chi connectivity index (χ1v) is 8.62. The fourth-order valence-electron chi connectivity index (χ4n) is 2.23. The summed E-state index contributed by atoms with van der Waals surface area (Å²) in [6.45, 7) is 5.74. The summed E-state index contributed by atoms with van der Waals surface area (Å²) in [5, 5.41) is 5.57. The molecule has 2 N–H and O–H groups in total. The fraction of sp³-hybridized carbons (Fsp3) is 0.238. The minimum absolute atomic E-state index is 0.237. The Balaban J connectivity index is 1.90. The lowest BCUT2D eigenvalue weighted by molar-refractivity contribution is -0.126. The molecule has 0 fully saturated rings. The van der Waals surface area contributed by atoms with Gasteiger partial charge in [-0.3, -0.25) is 9.59 Å². The van der Waals surface area contributed by atoms with Crippen LogP contribution in [0.2, 0.25) is 0 Å². The monoisotopic (exact) mass is 368 g/mol. The molecule has 2 amide bonds. The van der Waals surface area contributed by atoms with Crippen LogP contribution in [0.3, 0.4) is 0 Å². The van der Waals surface area contributed by atoms with Gasteiger partial charge in [0.05, 0.1) is 13.7 Å². The number of hydrogen-bond donors (Lipinski definition) is 2. The summed E-state index contributed by atoms with van der Waals surface area (Å²) in [6, 6.07) is 13.7. The lowest BCUT2D eigenvalue weighted by Crippen LogP contribution is -2.28. The molecule has 2 rings (SSSR count). The maximum absolute atomic E-state index is 12.3. The van der Waals surface area contributed by atoms with Crippen molar-refractivity contribution < 1.29 is 19.1 Å². The van der Waals surface area contributed by atoms with Crippen LogP contribution in [0.15, 0.2) is 61.2 Å². The first-order chi connectivity index (χ1) is 13.0. The SMILES string of the molecule is C=CCCOC(C)C(=O)Nc1ccc(C(=O)Nc2ccc(OC)cc2)cc1. The topological polar surface area (TPSA) is 76.7 Å². The zero-order valence-electron chi connectivity index (χ0n) is 15.5. The zero-order chi connectivity index (χ0) is 19.6. The van der Waals surface area contributed by atoms with E-state index in [1.165, 1.54) is 0 Å². The maximum Gasteiger partial charge on any atom is 0.255 e. The molecule has 6 nitrogen and oxygen atoms in total. The van der Waals surface area contributed by atoms with Gasteiger partial charge in [0.15, 0.2) is 0 Å². The highest BCUT2D eigenvalue weighted by Crippen LogP contribution is 2.17. The number of rotatable bonds is 9. The van der Waals surface area contributed by atoms with Crippen LogP contribution in [-0.2, 0) is 9.53 Å². The fourth-order valence-corrected chi connectivity index (χ4v) is 2.23. The molecule has 0 aliphatic carbocycles. The van der Waals surface area contributed by atoms with Gasteiger partial charge in [0.1, 0.15) is 11.9 Å². The van der Waals surface area contributed by atoms with Crippen LogP contribution in [0.5, 0.6) is 5.75 Å². The number of nitrogens with one attached hydrogen (secondary N) is 2. The molecular weight excluding hydrogens is 344 g/mol. The minimum atomic E-state index is -0.567. The number of ether oxygens (including phenoxy) is 2. The molecule has 0 spiro atoms. The Morgan fingerprint density at radius 1 is 1.04 bits per heavy atom. The Hall–Kier alpha value is -3.12. The molecule has 1 atom stereocenters. The molecule has 2 aromatic carbocycles. The van der Waals surface area contributed by atoms with Crippen LogP contribution in [-0.4, -0.2) is 31.6 Å². The van der Waals surface area contributed by atoms with Crippen LogP contribution in [0, 0.1) is 0 Å². The average molecular weight is 368 g/mol. The number of hydrogen-bond acceptors (Lipinski definition) is 4. The van der Waals surface area contributed by atoms with Crippen molar-refractivity contribution in [3.8, 4) is 5.75 Å². The number of carbonyl (C=O) groups is 2. The molecule has 0 radical (unpaired) electrons. The summed E-state index contributed by atoms with van der Waals surface area (Å²) < 4.78 is 10.5. The lowest BCUT2D eigenvalue weighted by atomic mass is 10.2. The predicted octanol–water partition coefficient (Wildman–Crippen LogP) is 3.87. The van der Waals surface area contributed by atoms with Crippen LogP contribution in [0.1, 0.15) is 23.7 Å². The number of amides is 2. The number of methoxy groups -OCH3 is 1. The molecule has 2 aromatic rings. The van der Waals surface area contributed by atoms with E-state index >= 15 is 0 Å². The largest absolute Gasteiger partial charge is 0.497 e. The molecule has 142 valence electrons. The Morgan fingerprint density at radius 3 is 2.22 bits per heavy atom. The average Bonchev–Trinajstić information content (AvgIpc) is 2.69. The van der Waals surface area contributed by atoms with E-state index in [0.29, 0.717) is 30.0 Å². The first kappa shape index (κ1) is 20.2. The molecule has 1 unspecified atom stereocenters. The third-order valence-electron chi connectivity index (χ3n) is 3.82. The van der Waals surface area contributed by atoms with E-state index in [9.17, 15) is 9.59 Å². The van der Waals surface area contributed by atoms with Crippen molar-refractivity contribution >= 4 is 23.2 Å². The molecule has 0 saturated heterocycles. The molecule has 0 aromatic heterocycles. The summed E-state index contributed by atoms with van der Waals surface area (Å²) in [7, 11) is 1.59. The highest BCUT2D eigenvalue weighted by Gasteiger charge is 2.13. The van der Waals surface area contributed by atoms with Gasteiger partial charge in [-0.1, -0.05) is 6.08 Å².